The van der Waals surface area contributed by atoms with Gasteiger partial charge in [-0.25, -0.2) is 4.79 Å². The number of hydrogen-bond donors (Lipinski definition) is 2. The lowest BCUT2D eigenvalue weighted by atomic mass is 9.95. The Labute approximate surface area is 169 Å². The fourth-order valence-corrected chi connectivity index (χ4v) is 3.83. The number of aliphatic hydroxyl groups excluding tert-OH is 1. The van der Waals surface area contributed by atoms with Crippen molar-refractivity contribution in [1.29, 1.82) is 0 Å². The minimum absolute atomic E-state index is 0.367. The van der Waals surface area contributed by atoms with E-state index in [1.165, 1.54) is 7.11 Å². The monoisotopic (exact) mass is 389 g/mol. The van der Waals surface area contributed by atoms with Gasteiger partial charge in [0, 0.05) is 30.9 Å². The predicted molar refractivity (Wildman–Crippen MR) is 116 cm³/mol. The van der Waals surface area contributed by atoms with Gasteiger partial charge < -0.3 is 24.6 Å². The van der Waals surface area contributed by atoms with Crippen molar-refractivity contribution in [2.45, 2.75) is 6.54 Å². The zero-order chi connectivity index (χ0) is 20.5. The Hall–Kier alpha value is -3.67. The zero-order valence-electron chi connectivity index (χ0n) is 16.6. The highest BCUT2D eigenvalue weighted by molar-refractivity contribution is 6.02. The van der Waals surface area contributed by atoms with Gasteiger partial charge in [-0.1, -0.05) is 24.3 Å². The van der Waals surface area contributed by atoms with Gasteiger partial charge in [0.25, 0.3) is 0 Å². The molecule has 3 aromatic rings. The summed E-state index contributed by atoms with van der Waals surface area (Å²) in [6, 6.07) is 16.1. The molecule has 1 aliphatic heterocycles. The van der Waals surface area contributed by atoms with E-state index in [4.69, 9.17) is 4.74 Å². The average Bonchev–Trinajstić information content (AvgIpc) is 3.13. The molecule has 0 fully saturated rings. The fourth-order valence-electron chi connectivity index (χ4n) is 3.83. The number of hydrogen-bond acceptors (Lipinski definition) is 5. The lowest BCUT2D eigenvalue weighted by Crippen LogP contribution is -2.23. The Bertz CT molecular complexity index is 1080. The first-order valence-electron chi connectivity index (χ1n) is 9.33. The molecule has 0 saturated heterocycles. The summed E-state index contributed by atoms with van der Waals surface area (Å²) in [6.07, 6.45) is 2.67. The second kappa shape index (κ2) is 7.39. The summed E-state index contributed by atoms with van der Waals surface area (Å²) in [4.78, 5) is 20.2. The zero-order valence-corrected chi connectivity index (χ0v) is 16.6. The maximum absolute atomic E-state index is 12.7. The fraction of sp³-hybridized carbons (Fsp3) is 0.174. The number of ether oxygens (including phenoxy) is 1. The number of carbonyl (C=O) groups excluding carboxylic acids is 1. The van der Waals surface area contributed by atoms with E-state index in [0.717, 1.165) is 40.0 Å². The number of para-hydroxylation sites is 1. The van der Waals surface area contributed by atoms with E-state index >= 15 is 0 Å². The van der Waals surface area contributed by atoms with E-state index < -0.39 is 0 Å². The first-order chi connectivity index (χ1) is 14.0. The predicted octanol–water partition coefficient (Wildman–Crippen LogP) is 4.71. The molecular formula is C23H23N3O3. The van der Waals surface area contributed by atoms with Crippen LogP contribution in [0.2, 0.25) is 0 Å². The number of H-pyrrole nitrogens is 1. The van der Waals surface area contributed by atoms with Gasteiger partial charge in [-0.15, -0.1) is 0 Å². The van der Waals surface area contributed by atoms with Gasteiger partial charge in [0.1, 0.15) is 11.4 Å². The Morgan fingerprint density at radius 2 is 1.97 bits per heavy atom. The van der Waals surface area contributed by atoms with Gasteiger partial charge in [-0.3, -0.25) is 0 Å². The Kier molecular flexibility index (Phi) is 4.76. The second-order valence-electron chi connectivity index (χ2n) is 7.10. The van der Waals surface area contributed by atoms with Crippen LogP contribution >= 0.6 is 0 Å². The summed E-state index contributed by atoms with van der Waals surface area (Å²) in [5.41, 5.74) is 6.22. The molecule has 2 aromatic carbocycles. The van der Waals surface area contributed by atoms with Crippen molar-refractivity contribution in [2.75, 3.05) is 31.0 Å². The van der Waals surface area contributed by atoms with Gasteiger partial charge in [-0.05, 0) is 35.9 Å². The standard InChI is InChI=1S/C23H23N3O3/c1-25(2)22-20(23(28)29-3)18-14-26(16-7-5-4-6-8-16)19-10-9-15(11-12-27)13-17(19)21(18)24-22/h4-13,24,27H,14H2,1-3H3. The van der Waals surface area contributed by atoms with Crippen molar-refractivity contribution >= 4 is 29.2 Å². The minimum Gasteiger partial charge on any atom is -0.516 e. The third-order valence-electron chi connectivity index (χ3n) is 5.15. The van der Waals surface area contributed by atoms with Gasteiger partial charge >= 0.3 is 5.97 Å². The van der Waals surface area contributed by atoms with Crippen molar-refractivity contribution < 1.29 is 14.6 Å². The number of rotatable bonds is 4. The molecule has 0 amide bonds. The summed E-state index contributed by atoms with van der Waals surface area (Å²) < 4.78 is 5.09. The SMILES string of the molecule is COC(=O)c1c(N(C)C)[nH]c2c1CN(c1ccccc1)c1ccc(C=CO)cc1-2. The molecule has 0 radical (unpaired) electrons. The van der Waals surface area contributed by atoms with Crippen LogP contribution in [0.25, 0.3) is 17.3 Å². The van der Waals surface area contributed by atoms with Crippen LogP contribution in [-0.2, 0) is 11.3 Å². The van der Waals surface area contributed by atoms with Crippen LogP contribution in [0.1, 0.15) is 21.5 Å². The Balaban J connectivity index is 2.00. The lowest BCUT2D eigenvalue weighted by Gasteiger charge is -2.32. The maximum atomic E-state index is 12.7. The molecule has 2 N–H and O–H groups in total. The number of fused-ring (bicyclic) bond motifs is 3. The van der Waals surface area contributed by atoms with E-state index in [2.05, 4.69) is 9.88 Å². The number of anilines is 3. The molecule has 0 spiro atoms. The molecule has 0 saturated carbocycles. The third kappa shape index (κ3) is 3.12. The van der Waals surface area contributed by atoms with Crippen LogP contribution in [-0.4, -0.2) is 37.3 Å². The number of carbonyl (C=O) groups is 1. The lowest BCUT2D eigenvalue weighted by molar-refractivity contribution is 0.0600. The first-order valence-corrected chi connectivity index (χ1v) is 9.33. The normalized spacial score (nSPS) is 12.6. The molecule has 6 nitrogen and oxygen atoms in total. The number of benzene rings is 2. The Morgan fingerprint density at radius 1 is 1.21 bits per heavy atom. The van der Waals surface area contributed by atoms with E-state index in [0.29, 0.717) is 17.9 Å². The number of aromatic nitrogens is 1. The molecule has 148 valence electrons. The summed E-state index contributed by atoms with van der Waals surface area (Å²) in [6.45, 7) is 0.538. The molecule has 29 heavy (non-hydrogen) atoms. The van der Waals surface area contributed by atoms with Gasteiger partial charge in [-0.2, -0.15) is 0 Å². The van der Waals surface area contributed by atoms with Crippen molar-refractivity contribution in [2.24, 2.45) is 0 Å². The maximum Gasteiger partial charge on any atom is 0.341 e. The summed E-state index contributed by atoms with van der Waals surface area (Å²) in [5.74, 6) is 0.347. The van der Waals surface area contributed by atoms with Crippen molar-refractivity contribution in [3.8, 4) is 11.3 Å². The molecular weight excluding hydrogens is 366 g/mol. The van der Waals surface area contributed by atoms with Gasteiger partial charge in [0.15, 0.2) is 0 Å². The summed E-state index contributed by atoms with van der Waals surface area (Å²) in [5, 5.41) is 9.21. The second-order valence-corrected chi connectivity index (χ2v) is 7.10. The van der Waals surface area contributed by atoms with Crippen molar-refractivity contribution in [3.63, 3.8) is 0 Å². The summed E-state index contributed by atoms with van der Waals surface area (Å²) in [7, 11) is 5.19. The number of nitrogens with one attached hydrogen (secondary N) is 1. The quantitative estimate of drug-likeness (QED) is 0.499. The first kappa shape index (κ1) is 18.7. The topological polar surface area (TPSA) is 68.8 Å². The van der Waals surface area contributed by atoms with E-state index in [1.807, 2.05) is 67.5 Å². The highest BCUT2D eigenvalue weighted by Gasteiger charge is 2.32. The number of nitrogens with zero attached hydrogens (tertiary/aromatic N) is 2. The van der Waals surface area contributed by atoms with Crippen molar-refractivity contribution in [1.82, 2.24) is 4.98 Å². The molecule has 0 atom stereocenters. The van der Waals surface area contributed by atoms with Crippen LogP contribution in [0.5, 0.6) is 0 Å². The van der Waals surface area contributed by atoms with Crippen LogP contribution in [0.4, 0.5) is 17.2 Å². The minimum atomic E-state index is -0.367. The average molecular weight is 389 g/mol. The number of methoxy groups -OCH3 is 1. The summed E-state index contributed by atoms with van der Waals surface area (Å²) >= 11 is 0. The molecule has 2 heterocycles. The molecule has 0 aliphatic carbocycles. The van der Waals surface area contributed by atoms with E-state index in [1.54, 1.807) is 6.08 Å². The van der Waals surface area contributed by atoms with Crippen molar-refractivity contribution in [3.05, 3.63) is 71.5 Å². The van der Waals surface area contributed by atoms with Crippen LogP contribution in [0.15, 0.2) is 54.8 Å². The smallest absolute Gasteiger partial charge is 0.341 e. The number of aliphatic hydroxyl groups is 1. The molecule has 4 rings (SSSR count). The largest absolute Gasteiger partial charge is 0.516 e. The number of aromatic amines is 1. The highest BCUT2D eigenvalue weighted by atomic mass is 16.5. The van der Waals surface area contributed by atoms with Crippen LogP contribution in [0.3, 0.4) is 0 Å². The van der Waals surface area contributed by atoms with Crippen LogP contribution < -0.4 is 9.80 Å². The van der Waals surface area contributed by atoms with Gasteiger partial charge in [0.2, 0.25) is 0 Å². The van der Waals surface area contributed by atoms with E-state index in [-0.39, 0.29) is 5.97 Å². The van der Waals surface area contributed by atoms with Gasteiger partial charge in [0.05, 0.1) is 31.3 Å². The van der Waals surface area contributed by atoms with E-state index in [9.17, 15) is 9.90 Å². The van der Waals surface area contributed by atoms with Crippen LogP contribution in [0, 0.1) is 0 Å². The molecule has 1 aliphatic rings. The molecule has 1 aromatic heterocycles. The molecule has 0 unspecified atom stereocenters. The number of esters is 1. The third-order valence-corrected chi connectivity index (χ3v) is 5.15. The molecule has 0 bridgehead atoms. The Morgan fingerprint density at radius 3 is 2.62 bits per heavy atom. The highest BCUT2D eigenvalue weighted by Crippen LogP contribution is 2.46. The molecule has 6 heteroatoms.